The van der Waals surface area contributed by atoms with Crippen LogP contribution in [0.25, 0.3) is 0 Å². The van der Waals surface area contributed by atoms with Crippen LogP contribution in [-0.2, 0) is 4.79 Å². The molecule has 18 heavy (non-hydrogen) atoms. The van der Waals surface area contributed by atoms with Gasteiger partial charge in [-0.15, -0.1) is 0 Å². The summed E-state index contributed by atoms with van der Waals surface area (Å²) in [5.41, 5.74) is 5.60. The molecule has 1 aromatic carbocycles. The van der Waals surface area contributed by atoms with Gasteiger partial charge in [0.1, 0.15) is 23.9 Å². The highest BCUT2D eigenvalue weighted by Gasteiger charge is 2.10. The van der Waals surface area contributed by atoms with E-state index in [-0.39, 0.29) is 13.0 Å². The zero-order valence-corrected chi connectivity index (χ0v) is 10.4. The first-order valence-corrected chi connectivity index (χ1v) is 5.38. The van der Waals surface area contributed by atoms with Crippen LogP contribution in [0.3, 0.4) is 0 Å². The quantitative estimate of drug-likeness (QED) is 0.751. The predicted molar refractivity (Wildman–Crippen MR) is 65.3 cm³/mol. The molecule has 6 nitrogen and oxygen atoms in total. The molecule has 100 valence electrons. The van der Waals surface area contributed by atoms with Gasteiger partial charge >= 0.3 is 5.97 Å². The van der Waals surface area contributed by atoms with Gasteiger partial charge in [0.2, 0.25) is 0 Å². The molecule has 1 atom stereocenters. The van der Waals surface area contributed by atoms with Gasteiger partial charge in [0.15, 0.2) is 0 Å². The molecule has 6 heteroatoms. The van der Waals surface area contributed by atoms with E-state index in [2.05, 4.69) is 0 Å². The van der Waals surface area contributed by atoms with Crippen LogP contribution in [0.15, 0.2) is 18.2 Å². The Labute approximate surface area is 105 Å². The van der Waals surface area contributed by atoms with Gasteiger partial charge in [-0.25, -0.2) is 0 Å². The second kappa shape index (κ2) is 6.70. The number of nitrogens with two attached hydrogens (primary N) is 1. The molecule has 1 rings (SSSR count). The van der Waals surface area contributed by atoms with Gasteiger partial charge in [0.25, 0.3) is 0 Å². The van der Waals surface area contributed by atoms with E-state index in [1.165, 1.54) is 14.2 Å². The number of carboxylic acid groups (broad SMARTS) is 1. The Kier molecular flexibility index (Phi) is 5.26. The molecule has 0 aromatic heterocycles. The molecule has 0 saturated heterocycles. The second-order valence-electron chi connectivity index (χ2n) is 3.72. The SMILES string of the molecule is COc1cc(OC)cc(OCC(N)CC(=O)O)c1. The summed E-state index contributed by atoms with van der Waals surface area (Å²) in [6, 6.07) is 4.51. The predicted octanol–water partition coefficient (Wildman–Crippen LogP) is 0.885. The summed E-state index contributed by atoms with van der Waals surface area (Å²) < 4.78 is 15.6. The first-order chi connectivity index (χ1) is 8.55. The molecule has 0 aliphatic heterocycles. The van der Waals surface area contributed by atoms with E-state index in [9.17, 15) is 4.79 Å². The number of benzene rings is 1. The Balaban J connectivity index is 2.63. The fraction of sp³-hybridized carbons (Fsp3) is 0.417. The fourth-order valence-corrected chi connectivity index (χ4v) is 1.35. The molecule has 0 heterocycles. The number of aliphatic carboxylic acids is 1. The lowest BCUT2D eigenvalue weighted by atomic mass is 10.2. The third-order valence-electron chi connectivity index (χ3n) is 2.23. The number of rotatable bonds is 7. The molecular formula is C12H17NO5. The maximum absolute atomic E-state index is 10.4. The van der Waals surface area contributed by atoms with Crippen molar-refractivity contribution in [1.82, 2.24) is 0 Å². The topological polar surface area (TPSA) is 91.0 Å². The highest BCUT2D eigenvalue weighted by atomic mass is 16.5. The monoisotopic (exact) mass is 255 g/mol. The molecule has 0 aliphatic carbocycles. The van der Waals surface area contributed by atoms with Gasteiger partial charge in [-0.2, -0.15) is 0 Å². The summed E-state index contributed by atoms with van der Waals surface area (Å²) in [5.74, 6) is 0.758. The molecule has 0 saturated carbocycles. The van der Waals surface area contributed by atoms with Gasteiger partial charge in [0.05, 0.1) is 20.6 Å². The van der Waals surface area contributed by atoms with E-state index in [4.69, 9.17) is 25.1 Å². The minimum absolute atomic E-state index is 0.114. The van der Waals surface area contributed by atoms with Gasteiger partial charge in [0, 0.05) is 24.2 Å². The van der Waals surface area contributed by atoms with Crippen LogP contribution < -0.4 is 19.9 Å². The van der Waals surface area contributed by atoms with Gasteiger partial charge in [-0.3, -0.25) is 4.79 Å². The van der Waals surface area contributed by atoms with E-state index in [0.29, 0.717) is 17.2 Å². The lowest BCUT2D eigenvalue weighted by Gasteiger charge is -2.13. The molecule has 1 aromatic rings. The van der Waals surface area contributed by atoms with Crippen LogP contribution >= 0.6 is 0 Å². The normalized spacial score (nSPS) is 11.7. The molecular weight excluding hydrogens is 238 g/mol. The van der Waals surface area contributed by atoms with E-state index in [1.807, 2.05) is 0 Å². The molecule has 0 fully saturated rings. The number of ether oxygens (including phenoxy) is 3. The zero-order valence-electron chi connectivity index (χ0n) is 10.4. The van der Waals surface area contributed by atoms with Crippen LogP contribution in [-0.4, -0.2) is 37.9 Å². The Morgan fingerprint density at radius 3 is 2.17 bits per heavy atom. The molecule has 1 unspecified atom stereocenters. The number of methoxy groups -OCH3 is 2. The molecule has 0 amide bonds. The number of hydrogen-bond donors (Lipinski definition) is 2. The second-order valence-corrected chi connectivity index (χ2v) is 3.72. The van der Waals surface area contributed by atoms with Crippen molar-refractivity contribution in [1.29, 1.82) is 0 Å². The largest absolute Gasteiger partial charge is 0.496 e. The standard InChI is InChI=1S/C12H17NO5/c1-16-9-4-10(17-2)6-11(5-9)18-7-8(13)3-12(14)15/h4-6,8H,3,7,13H2,1-2H3,(H,14,15). The average Bonchev–Trinajstić information content (AvgIpc) is 2.35. The molecule has 0 aliphatic rings. The summed E-state index contributed by atoms with van der Waals surface area (Å²) in [5, 5.41) is 8.57. The maximum Gasteiger partial charge on any atom is 0.305 e. The Bertz CT molecular complexity index is 385. The van der Waals surface area contributed by atoms with Crippen molar-refractivity contribution in [2.24, 2.45) is 5.73 Å². The highest BCUT2D eigenvalue weighted by molar-refractivity contribution is 5.67. The van der Waals surface area contributed by atoms with Crippen LogP contribution in [0.1, 0.15) is 6.42 Å². The maximum atomic E-state index is 10.4. The Hall–Kier alpha value is -1.95. The fourth-order valence-electron chi connectivity index (χ4n) is 1.35. The van der Waals surface area contributed by atoms with E-state index in [1.54, 1.807) is 18.2 Å². The summed E-state index contributed by atoms with van der Waals surface area (Å²) in [7, 11) is 3.07. The zero-order chi connectivity index (χ0) is 13.5. The number of carboxylic acids is 1. The first kappa shape index (κ1) is 14.1. The smallest absolute Gasteiger partial charge is 0.305 e. The third-order valence-corrected chi connectivity index (χ3v) is 2.23. The highest BCUT2D eigenvalue weighted by Crippen LogP contribution is 2.27. The summed E-state index contributed by atoms with van der Waals surface area (Å²) >= 11 is 0. The van der Waals surface area contributed by atoms with Crippen molar-refractivity contribution in [2.75, 3.05) is 20.8 Å². The third kappa shape index (κ3) is 4.50. The van der Waals surface area contributed by atoms with Crippen LogP contribution in [0.4, 0.5) is 0 Å². The van der Waals surface area contributed by atoms with Crippen molar-refractivity contribution in [2.45, 2.75) is 12.5 Å². The number of hydrogen-bond acceptors (Lipinski definition) is 5. The molecule has 0 bridgehead atoms. The summed E-state index contributed by atoms with van der Waals surface area (Å²) in [6.07, 6.45) is -0.138. The van der Waals surface area contributed by atoms with Crippen molar-refractivity contribution in [3.05, 3.63) is 18.2 Å². The average molecular weight is 255 g/mol. The minimum Gasteiger partial charge on any atom is -0.496 e. The first-order valence-electron chi connectivity index (χ1n) is 5.38. The Morgan fingerprint density at radius 1 is 1.22 bits per heavy atom. The summed E-state index contributed by atoms with van der Waals surface area (Å²) in [6.45, 7) is 0.114. The van der Waals surface area contributed by atoms with Crippen molar-refractivity contribution in [3.8, 4) is 17.2 Å². The lowest BCUT2D eigenvalue weighted by molar-refractivity contribution is -0.137. The van der Waals surface area contributed by atoms with E-state index >= 15 is 0 Å². The van der Waals surface area contributed by atoms with Gasteiger partial charge in [-0.1, -0.05) is 0 Å². The molecule has 3 N–H and O–H groups in total. The number of carbonyl (C=O) groups is 1. The van der Waals surface area contributed by atoms with Crippen LogP contribution in [0.2, 0.25) is 0 Å². The van der Waals surface area contributed by atoms with E-state index in [0.717, 1.165) is 0 Å². The molecule has 0 spiro atoms. The van der Waals surface area contributed by atoms with E-state index < -0.39 is 12.0 Å². The summed E-state index contributed by atoms with van der Waals surface area (Å²) in [4.78, 5) is 10.4. The molecule has 0 radical (unpaired) electrons. The van der Waals surface area contributed by atoms with Gasteiger partial charge in [-0.05, 0) is 0 Å². The van der Waals surface area contributed by atoms with Crippen molar-refractivity contribution in [3.63, 3.8) is 0 Å². The Morgan fingerprint density at radius 2 is 1.72 bits per heavy atom. The minimum atomic E-state index is -0.950. The lowest BCUT2D eigenvalue weighted by Crippen LogP contribution is -2.30. The van der Waals surface area contributed by atoms with Gasteiger partial charge < -0.3 is 25.1 Å². The van der Waals surface area contributed by atoms with Crippen LogP contribution in [0, 0.1) is 0 Å². The van der Waals surface area contributed by atoms with Crippen molar-refractivity contribution >= 4 is 5.97 Å². The van der Waals surface area contributed by atoms with Crippen LogP contribution in [0.5, 0.6) is 17.2 Å². The van der Waals surface area contributed by atoms with Crippen molar-refractivity contribution < 1.29 is 24.1 Å².